The molecule has 2 rings (SSSR count). The summed E-state index contributed by atoms with van der Waals surface area (Å²) in [5.74, 6) is 0.486. The van der Waals surface area contributed by atoms with Gasteiger partial charge in [0.25, 0.3) is 0 Å². The standard InChI is InChI=1S/C16H25NO/c1-11-9-12(2)14(15(18)13(11)3)16(10-17)7-5-4-6-8-16/h9,18H,4-8,10,17H2,1-3H3. The molecule has 1 aromatic carbocycles. The minimum absolute atomic E-state index is 0.00484. The van der Waals surface area contributed by atoms with E-state index < -0.39 is 0 Å². The molecule has 1 aliphatic carbocycles. The van der Waals surface area contributed by atoms with Gasteiger partial charge in [-0.3, -0.25) is 0 Å². The van der Waals surface area contributed by atoms with Crippen LogP contribution in [0.25, 0.3) is 0 Å². The molecule has 0 amide bonds. The van der Waals surface area contributed by atoms with Gasteiger partial charge in [0.2, 0.25) is 0 Å². The van der Waals surface area contributed by atoms with Gasteiger partial charge in [0.1, 0.15) is 5.75 Å². The van der Waals surface area contributed by atoms with Gasteiger partial charge >= 0.3 is 0 Å². The van der Waals surface area contributed by atoms with Crippen molar-refractivity contribution in [2.24, 2.45) is 5.73 Å². The highest BCUT2D eigenvalue weighted by molar-refractivity contribution is 5.52. The average Bonchev–Trinajstić information content (AvgIpc) is 2.37. The Hall–Kier alpha value is -1.02. The van der Waals surface area contributed by atoms with Crippen molar-refractivity contribution in [3.05, 3.63) is 28.3 Å². The van der Waals surface area contributed by atoms with Crippen molar-refractivity contribution in [2.45, 2.75) is 58.3 Å². The quantitative estimate of drug-likeness (QED) is 0.840. The molecule has 0 saturated heterocycles. The molecule has 0 aromatic heterocycles. The maximum atomic E-state index is 10.6. The van der Waals surface area contributed by atoms with Crippen LogP contribution in [0, 0.1) is 20.8 Å². The molecule has 0 radical (unpaired) electrons. The molecule has 100 valence electrons. The monoisotopic (exact) mass is 247 g/mol. The van der Waals surface area contributed by atoms with E-state index in [-0.39, 0.29) is 5.41 Å². The molecule has 3 N–H and O–H groups in total. The van der Waals surface area contributed by atoms with Gasteiger partial charge in [-0.2, -0.15) is 0 Å². The van der Waals surface area contributed by atoms with Crippen LogP contribution in [0.3, 0.4) is 0 Å². The molecule has 0 heterocycles. The summed E-state index contributed by atoms with van der Waals surface area (Å²) in [4.78, 5) is 0. The summed E-state index contributed by atoms with van der Waals surface area (Å²) in [6, 6.07) is 2.19. The lowest BCUT2D eigenvalue weighted by molar-refractivity contribution is 0.289. The molecule has 18 heavy (non-hydrogen) atoms. The number of hydrogen-bond acceptors (Lipinski definition) is 2. The van der Waals surface area contributed by atoms with Crippen LogP contribution in [0.15, 0.2) is 6.07 Å². The van der Waals surface area contributed by atoms with E-state index in [1.54, 1.807) is 0 Å². The molecule has 1 fully saturated rings. The molecule has 2 nitrogen and oxygen atoms in total. The normalized spacial score (nSPS) is 18.9. The third-order valence-electron chi connectivity index (χ3n) is 4.74. The second kappa shape index (κ2) is 4.93. The third-order valence-corrected chi connectivity index (χ3v) is 4.74. The van der Waals surface area contributed by atoms with E-state index >= 15 is 0 Å². The van der Waals surface area contributed by atoms with Gasteiger partial charge in [0.15, 0.2) is 0 Å². The van der Waals surface area contributed by atoms with E-state index in [1.165, 1.54) is 24.8 Å². The van der Waals surface area contributed by atoms with Crippen molar-refractivity contribution >= 4 is 0 Å². The molecular weight excluding hydrogens is 222 g/mol. The van der Waals surface area contributed by atoms with Crippen molar-refractivity contribution in [3.8, 4) is 5.75 Å². The lowest BCUT2D eigenvalue weighted by Crippen LogP contribution is -2.38. The number of rotatable bonds is 2. The smallest absolute Gasteiger partial charge is 0.122 e. The molecular formula is C16H25NO. The van der Waals surface area contributed by atoms with Crippen LogP contribution >= 0.6 is 0 Å². The summed E-state index contributed by atoms with van der Waals surface area (Å²) in [6.07, 6.45) is 5.97. The second-order valence-corrected chi connectivity index (χ2v) is 5.90. The second-order valence-electron chi connectivity index (χ2n) is 5.90. The average molecular weight is 247 g/mol. The summed E-state index contributed by atoms with van der Waals surface area (Å²) in [7, 11) is 0. The van der Waals surface area contributed by atoms with Gasteiger partial charge in [-0.1, -0.05) is 25.3 Å². The van der Waals surface area contributed by atoms with E-state index in [0.717, 1.165) is 29.5 Å². The molecule has 1 aliphatic rings. The number of aromatic hydroxyl groups is 1. The first-order chi connectivity index (χ1) is 8.52. The lowest BCUT2D eigenvalue weighted by atomic mass is 9.67. The Kier molecular flexibility index (Phi) is 3.67. The number of benzene rings is 1. The molecule has 0 bridgehead atoms. The summed E-state index contributed by atoms with van der Waals surface area (Å²) in [5.41, 5.74) is 10.6. The maximum absolute atomic E-state index is 10.6. The predicted molar refractivity (Wildman–Crippen MR) is 76.1 cm³/mol. The Balaban J connectivity index is 2.58. The molecule has 2 heteroatoms. The van der Waals surface area contributed by atoms with Crippen LogP contribution in [0.1, 0.15) is 54.4 Å². The van der Waals surface area contributed by atoms with E-state index in [1.807, 2.05) is 6.92 Å². The maximum Gasteiger partial charge on any atom is 0.122 e. The van der Waals surface area contributed by atoms with Gasteiger partial charge in [-0.15, -0.1) is 0 Å². The first-order valence-electron chi connectivity index (χ1n) is 7.02. The van der Waals surface area contributed by atoms with Crippen LogP contribution in [0.5, 0.6) is 5.75 Å². The lowest BCUT2D eigenvalue weighted by Gasteiger charge is -2.38. The van der Waals surface area contributed by atoms with E-state index in [9.17, 15) is 5.11 Å². The molecule has 1 saturated carbocycles. The van der Waals surface area contributed by atoms with Crippen LogP contribution in [-0.2, 0) is 5.41 Å². The molecule has 0 atom stereocenters. The number of aryl methyl sites for hydroxylation is 2. The van der Waals surface area contributed by atoms with Gasteiger partial charge in [0.05, 0.1) is 0 Å². The number of hydrogen-bond donors (Lipinski definition) is 2. The van der Waals surface area contributed by atoms with Crippen molar-refractivity contribution in [1.29, 1.82) is 0 Å². The Morgan fingerprint density at radius 3 is 2.28 bits per heavy atom. The Morgan fingerprint density at radius 1 is 1.11 bits per heavy atom. The largest absolute Gasteiger partial charge is 0.507 e. The van der Waals surface area contributed by atoms with E-state index in [4.69, 9.17) is 5.73 Å². The number of phenols is 1. The Bertz CT molecular complexity index is 445. The van der Waals surface area contributed by atoms with E-state index in [0.29, 0.717) is 12.3 Å². The van der Waals surface area contributed by atoms with Crippen LogP contribution < -0.4 is 5.73 Å². The fourth-order valence-corrected chi connectivity index (χ4v) is 3.52. The minimum Gasteiger partial charge on any atom is -0.507 e. The van der Waals surface area contributed by atoms with Crippen LogP contribution in [0.2, 0.25) is 0 Å². The number of phenolic OH excluding ortho intramolecular Hbond substituents is 1. The summed E-state index contributed by atoms with van der Waals surface area (Å²) < 4.78 is 0. The molecule has 0 aliphatic heterocycles. The fourth-order valence-electron chi connectivity index (χ4n) is 3.52. The van der Waals surface area contributed by atoms with Crippen molar-refractivity contribution in [1.82, 2.24) is 0 Å². The Labute approximate surface area is 110 Å². The zero-order valence-corrected chi connectivity index (χ0v) is 11.8. The highest BCUT2D eigenvalue weighted by Crippen LogP contribution is 2.45. The van der Waals surface area contributed by atoms with Gasteiger partial charge in [0, 0.05) is 17.5 Å². The number of nitrogens with two attached hydrogens (primary N) is 1. The minimum atomic E-state index is 0.00484. The van der Waals surface area contributed by atoms with Crippen molar-refractivity contribution < 1.29 is 5.11 Å². The SMILES string of the molecule is Cc1cc(C)c(C2(CN)CCCCC2)c(O)c1C. The first kappa shape index (κ1) is 13.4. The summed E-state index contributed by atoms with van der Waals surface area (Å²) >= 11 is 0. The van der Waals surface area contributed by atoms with Gasteiger partial charge in [-0.25, -0.2) is 0 Å². The fraction of sp³-hybridized carbons (Fsp3) is 0.625. The molecule has 0 spiro atoms. The zero-order valence-electron chi connectivity index (χ0n) is 11.8. The summed E-state index contributed by atoms with van der Waals surface area (Å²) in [6.45, 7) is 6.81. The van der Waals surface area contributed by atoms with Crippen molar-refractivity contribution in [3.63, 3.8) is 0 Å². The summed E-state index contributed by atoms with van der Waals surface area (Å²) in [5, 5.41) is 10.6. The highest BCUT2D eigenvalue weighted by atomic mass is 16.3. The van der Waals surface area contributed by atoms with Gasteiger partial charge in [-0.05, 0) is 50.3 Å². The van der Waals surface area contributed by atoms with Crippen LogP contribution in [-0.4, -0.2) is 11.7 Å². The van der Waals surface area contributed by atoms with Gasteiger partial charge < -0.3 is 10.8 Å². The van der Waals surface area contributed by atoms with E-state index in [2.05, 4.69) is 19.9 Å². The predicted octanol–water partition coefficient (Wildman–Crippen LogP) is 3.48. The molecule has 0 unspecified atom stereocenters. The van der Waals surface area contributed by atoms with Crippen LogP contribution in [0.4, 0.5) is 0 Å². The first-order valence-corrected chi connectivity index (χ1v) is 7.02. The molecule has 1 aromatic rings. The topological polar surface area (TPSA) is 46.2 Å². The highest BCUT2D eigenvalue weighted by Gasteiger charge is 2.36. The zero-order chi connectivity index (χ0) is 13.3. The Morgan fingerprint density at radius 2 is 1.72 bits per heavy atom. The van der Waals surface area contributed by atoms with Crippen molar-refractivity contribution in [2.75, 3.05) is 6.54 Å². The third kappa shape index (κ3) is 2.03.